The summed E-state index contributed by atoms with van der Waals surface area (Å²) in [5.74, 6) is 1.000. The molecule has 2 aromatic rings. The van der Waals surface area contributed by atoms with Crippen molar-refractivity contribution in [3.8, 4) is 11.5 Å². The van der Waals surface area contributed by atoms with E-state index in [2.05, 4.69) is 15.5 Å². The first-order chi connectivity index (χ1) is 15.0. The van der Waals surface area contributed by atoms with Gasteiger partial charge in [-0.15, -0.1) is 0 Å². The van der Waals surface area contributed by atoms with Crippen molar-refractivity contribution in [1.29, 1.82) is 0 Å². The molecule has 1 heterocycles. The van der Waals surface area contributed by atoms with Crippen molar-refractivity contribution >= 4 is 46.2 Å². The highest BCUT2D eigenvalue weighted by Gasteiger charge is 2.20. The molecule has 3 rings (SSSR count). The van der Waals surface area contributed by atoms with Crippen LogP contribution >= 0.6 is 23.8 Å². The number of rotatable bonds is 7. The van der Waals surface area contributed by atoms with Gasteiger partial charge in [0.05, 0.1) is 37.8 Å². The van der Waals surface area contributed by atoms with Gasteiger partial charge in [-0.3, -0.25) is 10.1 Å². The average Bonchev–Trinajstić information content (AvgIpc) is 2.76. The zero-order chi connectivity index (χ0) is 22.2. The van der Waals surface area contributed by atoms with Gasteiger partial charge in [-0.1, -0.05) is 11.6 Å². The first-order valence-corrected chi connectivity index (χ1v) is 10.9. The highest BCUT2D eigenvalue weighted by atomic mass is 35.5. The van der Waals surface area contributed by atoms with Gasteiger partial charge in [0.1, 0.15) is 11.5 Å². The molecule has 1 aliphatic rings. The molecule has 9 heteroatoms. The summed E-state index contributed by atoms with van der Waals surface area (Å²) < 4.78 is 17.2. The number of ether oxygens (including phenoxy) is 3. The SMILES string of the molecule is CCOc1cc(N2CCOCC2)c(OCC)cc1NC(=S)NC(=O)c1ccc(Cl)cc1. The van der Waals surface area contributed by atoms with Gasteiger partial charge in [-0.2, -0.15) is 0 Å². The van der Waals surface area contributed by atoms with E-state index in [9.17, 15) is 4.79 Å². The first-order valence-electron chi connectivity index (χ1n) is 10.2. The lowest BCUT2D eigenvalue weighted by Crippen LogP contribution is -2.36. The van der Waals surface area contributed by atoms with Crippen molar-refractivity contribution in [3.05, 3.63) is 47.0 Å². The van der Waals surface area contributed by atoms with E-state index in [1.807, 2.05) is 26.0 Å². The molecule has 166 valence electrons. The second kappa shape index (κ2) is 11.2. The Morgan fingerprint density at radius 3 is 2.39 bits per heavy atom. The van der Waals surface area contributed by atoms with E-state index in [0.29, 0.717) is 54.2 Å². The predicted octanol–water partition coefficient (Wildman–Crippen LogP) is 4.10. The third-order valence-corrected chi connectivity index (χ3v) is 5.05. The number of carbonyl (C=O) groups is 1. The molecule has 7 nitrogen and oxygen atoms in total. The molecule has 2 aromatic carbocycles. The van der Waals surface area contributed by atoms with Crippen molar-refractivity contribution in [1.82, 2.24) is 5.32 Å². The monoisotopic (exact) mass is 463 g/mol. The van der Waals surface area contributed by atoms with Crippen LogP contribution in [-0.2, 0) is 4.74 Å². The number of benzene rings is 2. The van der Waals surface area contributed by atoms with Crippen LogP contribution in [0.25, 0.3) is 0 Å². The summed E-state index contributed by atoms with van der Waals surface area (Å²) in [6.45, 7) is 7.71. The van der Waals surface area contributed by atoms with E-state index in [1.165, 1.54) is 0 Å². The molecule has 2 N–H and O–H groups in total. The van der Waals surface area contributed by atoms with E-state index in [4.69, 9.17) is 38.0 Å². The molecule has 0 radical (unpaired) electrons. The highest BCUT2D eigenvalue weighted by molar-refractivity contribution is 7.80. The fourth-order valence-electron chi connectivity index (χ4n) is 3.17. The fraction of sp³-hybridized carbons (Fsp3) is 0.364. The van der Waals surface area contributed by atoms with E-state index in [1.54, 1.807) is 24.3 Å². The first kappa shape index (κ1) is 23.1. The summed E-state index contributed by atoms with van der Waals surface area (Å²) in [4.78, 5) is 14.7. The van der Waals surface area contributed by atoms with Crippen molar-refractivity contribution in [2.75, 3.05) is 49.7 Å². The van der Waals surface area contributed by atoms with Gasteiger partial charge in [0, 0.05) is 35.8 Å². The molecular formula is C22H26ClN3O4S. The third kappa shape index (κ3) is 6.22. The second-order valence-corrected chi connectivity index (χ2v) is 7.54. The number of nitrogens with one attached hydrogen (secondary N) is 2. The van der Waals surface area contributed by atoms with Crippen molar-refractivity contribution < 1.29 is 19.0 Å². The highest BCUT2D eigenvalue weighted by Crippen LogP contribution is 2.39. The molecule has 0 aromatic heterocycles. The third-order valence-electron chi connectivity index (χ3n) is 4.59. The lowest BCUT2D eigenvalue weighted by molar-refractivity contribution is 0.0977. The van der Waals surface area contributed by atoms with Crippen LogP contribution in [0, 0.1) is 0 Å². The molecular weight excluding hydrogens is 438 g/mol. The summed E-state index contributed by atoms with van der Waals surface area (Å²) in [7, 11) is 0. The molecule has 31 heavy (non-hydrogen) atoms. The van der Waals surface area contributed by atoms with E-state index < -0.39 is 0 Å². The van der Waals surface area contributed by atoms with Crippen molar-refractivity contribution in [2.45, 2.75) is 13.8 Å². The number of carbonyl (C=O) groups excluding carboxylic acids is 1. The minimum Gasteiger partial charge on any atom is -0.492 e. The number of morpholine rings is 1. The number of amides is 1. The maximum absolute atomic E-state index is 12.4. The maximum atomic E-state index is 12.4. The van der Waals surface area contributed by atoms with Crippen molar-refractivity contribution in [3.63, 3.8) is 0 Å². The predicted molar refractivity (Wildman–Crippen MR) is 127 cm³/mol. The fourth-order valence-corrected chi connectivity index (χ4v) is 3.50. The van der Waals surface area contributed by atoms with Gasteiger partial charge in [-0.25, -0.2) is 0 Å². The van der Waals surface area contributed by atoms with E-state index >= 15 is 0 Å². The minimum absolute atomic E-state index is 0.155. The summed E-state index contributed by atoms with van der Waals surface area (Å²) in [6.07, 6.45) is 0. The summed E-state index contributed by atoms with van der Waals surface area (Å²) >= 11 is 11.2. The molecule has 1 fully saturated rings. The Morgan fingerprint density at radius 2 is 1.74 bits per heavy atom. The Labute approximate surface area is 192 Å². The van der Waals surface area contributed by atoms with Gasteiger partial charge in [0.15, 0.2) is 5.11 Å². The normalized spacial score (nSPS) is 13.5. The van der Waals surface area contributed by atoms with Gasteiger partial charge >= 0.3 is 0 Å². The minimum atomic E-state index is -0.331. The van der Waals surface area contributed by atoms with Gasteiger partial charge < -0.3 is 24.4 Å². The number of thiocarbonyl (C=S) groups is 1. The molecule has 1 amide bonds. The number of hydrogen-bond donors (Lipinski definition) is 2. The Balaban J connectivity index is 1.81. The average molecular weight is 464 g/mol. The standard InChI is InChI=1S/C22H26ClN3O4S/c1-3-29-19-14-18(26-9-11-28-12-10-26)20(30-4-2)13-17(19)24-22(31)25-21(27)15-5-7-16(23)8-6-15/h5-8,13-14H,3-4,9-12H2,1-2H3,(H2,24,25,27,31). The van der Waals surface area contributed by atoms with Crippen LogP contribution in [0.2, 0.25) is 5.02 Å². The molecule has 1 aliphatic heterocycles. The number of nitrogens with zero attached hydrogens (tertiary/aromatic N) is 1. The Morgan fingerprint density at radius 1 is 1.10 bits per heavy atom. The lowest BCUT2D eigenvalue weighted by Gasteiger charge is -2.31. The summed E-state index contributed by atoms with van der Waals surface area (Å²) in [5, 5.41) is 6.45. The molecule has 0 saturated carbocycles. The van der Waals surface area contributed by atoms with Gasteiger partial charge in [0.25, 0.3) is 5.91 Å². The smallest absolute Gasteiger partial charge is 0.257 e. The largest absolute Gasteiger partial charge is 0.492 e. The zero-order valence-electron chi connectivity index (χ0n) is 17.6. The lowest BCUT2D eigenvalue weighted by atomic mass is 10.2. The van der Waals surface area contributed by atoms with E-state index in [-0.39, 0.29) is 11.0 Å². The summed E-state index contributed by atoms with van der Waals surface area (Å²) in [5.41, 5.74) is 2.01. The van der Waals surface area contributed by atoms with Crippen LogP contribution in [0.1, 0.15) is 24.2 Å². The van der Waals surface area contributed by atoms with Crippen LogP contribution in [0.4, 0.5) is 11.4 Å². The zero-order valence-corrected chi connectivity index (χ0v) is 19.1. The Kier molecular flexibility index (Phi) is 8.34. The van der Waals surface area contributed by atoms with Crippen LogP contribution in [0.15, 0.2) is 36.4 Å². The number of hydrogen-bond acceptors (Lipinski definition) is 6. The molecule has 0 atom stereocenters. The van der Waals surface area contributed by atoms with Crippen LogP contribution in [0.5, 0.6) is 11.5 Å². The van der Waals surface area contributed by atoms with Crippen LogP contribution < -0.4 is 25.0 Å². The number of anilines is 2. The van der Waals surface area contributed by atoms with Crippen LogP contribution in [-0.4, -0.2) is 50.5 Å². The van der Waals surface area contributed by atoms with Crippen LogP contribution in [0.3, 0.4) is 0 Å². The quantitative estimate of drug-likeness (QED) is 0.599. The Hall–Kier alpha value is -2.55. The number of halogens is 1. The molecule has 0 aliphatic carbocycles. The molecule has 0 spiro atoms. The topological polar surface area (TPSA) is 72.1 Å². The Bertz CT molecular complexity index is 918. The maximum Gasteiger partial charge on any atom is 0.257 e. The molecule has 1 saturated heterocycles. The van der Waals surface area contributed by atoms with Crippen molar-refractivity contribution in [2.24, 2.45) is 0 Å². The second-order valence-electron chi connectivity index (χ2n) is 6.70. The summed E-state index contributed by atoms with van der Waals surface area (Å²) in [6, 6.07) is 10.4. The van der Waals surface area contributed by atoms with Gasteiger partial charge in [0.2, 0.25) is 0 Å². The van der Waals surface area contributed by atoms with E-state index in [0.717, 1.165) is 18.8 Å². The molecule has 0 bridgehead atoms. The molecule has 0 unspecified atom stereocenters. The van der Waals surface area contributed by atoms with Gasteiger partial charge in [-0.05, 0) is 50.3 Å².